The molecule has 0 radical (unpaired) electrons. The Labute approximate surface area is 212 Å². The van der Waals surface area contributed by atoms with Crippen LogP contribution in [0.4, 0.5) is 10.5 Å². The molecule has 0 saturated carbocycles. The van der Waals surface area contributed by atoms with Crippen LogP contribution in [0.5, 0.6) is 5.75 Å². The number of hydrogen-bond donors (Lipinski definition) is 3. The molecule has 1 atom stereocenters. The monoisotopic (exact) mass is 568 g/mol. The molecule has 180 valence electrons. The summed E-state index contributed by atoms with van der Waals surface area (Å²) in [5.41, 5.74) is 3.94. The van der Waals surface area contributed by atoms with Gasteiger partial charge in [-0.2, -0.15) is 0 Å². The third-order valence-corrected chi connectivity index (χ3v) is 5.00. The number of methoxy groups -OCH3 is 1. The number of carbonyl (C=O) groups is 1. The molecule has 0 aromatic heterocycles. The molecular weight excluding hydrogens is 535 g/mol. The summed E-state index contributed by atoms with van der Waals surface area (Å²) in [6.07, 6.45) is 0.530. The van der Waals surface area contributed by atoms with Gasteiger partial charge in [0.15, 0.2) is 5.96 Å². The molecule has 2 aromatic rings. The van der Waals surface area contributed by atoms with Gasteiger partial charge < -0.3 is 24.8 Å². The molecule has 3 N–H and O–H groups in total. The van der Waals surface area contributed by atoms with Gasteiger partial charge in [0.25, 0.3) is 0 Å². The predicted molar refractivity (Wildman–Crippen MR) is 141 cm³/mol. The zero-order valence-corrected chi connectivity index (χ0v) is 21.7. The topological polar surface area (TPSA) is 93.2 Å². The van der Waals surface area contributed by atoms with Crippen molar-refractivity contribution in [3.05, 3.63) is 59.2 Å². The molecule has 1 aliphatic rings. The second-order valence-corrected chi connectivity index (χ2v) is 7.58. The summed E-state index contributed by atoms with van der Waals surface area (Å²) in [5.74, 6) is 1.61. The highest BCUT2D eigenvalue weighted by Gasteiger charge is 2.18. The van der Waals surface area contributed by atoms with Crippen molar-refractivity contribution in [2.75, 3.05) is 32.2 Å². The van der Waals surface area contributed by atoms with Gasteiger partial charge in [-0.15, -0.1) is 24.0 Å². The van der Waals surface area contributed by atoms with Gasteiger partial charge in [-0.25, -0.2) is 9.79 Å². The Hall–Kier alpha value is -2.53. The van der Waals surface area contributed by atoms with Crippen LogP contribution < -0.4 is 20.7 Å². The Balaban J connectivity index is 0.00000385. The Kier molecular flexibility index (Phi) is 11.2. The lowest BCUT2D eigenvalue weighted by molar-refractivity contribution is 0.140. The van der Waals surface area contributed by atoms with Crippen molar-refractivity contribution >= 4 is 41.7 Å². The van der Waals surface area contributed by atoms with E-state index in [1.807, 2.05) is 31.2 Å². The third kappa shape index (κ3) is 8.73. The summed E-state index contributed by atoms with van der Waals surface area (Å²) < 4.78 is 16.2. The molecule has 1 unspecified atom stereocenters. The second kappa shape index (κ2) is 13.9. The van der Waals surface area contributed by atoms with Gasteiger partial charge in [-0.1, -0.05) is 24.3 Å². The van der Waals surface area contributed by atoms with Gasteiger partial charge in [0.05, 0.1) is 26.9 Å². The first-order valence-electron chi connectivity index (χ1n) is 10.9. The number of anilines is 1. The van der Waals surface area contributed by atoms with Crippen molar-refractivity contribution in [3.63, 3.8) is 0 Å². The average Bonchev–Trinajstić information content (AvgIpc) is 3.30. The molecule has 9 heteroatoms. The highest BCUT2D eigenvalue weighted by atomic mass is 127. The van der Waals surface area contributed by atoms with E-state index in [2.05, 4.69) is 50.8 Å². The minimum Gasteiger partial charge on any atom is -0.488 e. The Morgan fingerprint density at radius 2 is 1.97 bits per heavy atom. The van der Waals surface area contributed by atoms with Gasteiger partial charge in [0, 0.05) is 30.8 Å². The number of amides is 1. The molecule has 0 spiro atoms. The summed E-state index contributed by atoms with van der Waals surface area (Å²) in [6.45, 7) is 7.34. The van der Waals surface area contributed by atoms with E-state index in [0.717, 1.165) is 48.0 Å². The summed E-state index contributed by atoms with van der Waals surface area (Å²) in [6, 6.07) is 13.7. The van der Waals surface area contributed by atoms with Crippen LogP contribution in [0.1, 0.15) is 30.0 Å². The van der Waals surface area contributed by atoms with E-state index in [9.17, 15) is 4.79 Å². The second-order valence-electron chi connectivity index (χ2n) is 7.58. The van der Waals surface area contributed by atoms with Crippen LogP contribution in [-0.4, -0.2) is 45.0 Å². The van der Waals surface area contributed by atoms with Gasteiger partial charge in [-0.3, -0.25) is 5.32 Å². The number of aryl methyl sites for hydroxylation is 1. The fourth-order valence-corrected chi connectivity index (χ4v) is 3.26. The van der Waals surface area contributed by atoms with Gasteiger partial charge in [0.1, 0.15) is 11.9 Å². The largest absolute Gasteiger partial charge is 0.488 e. The van der Waals surface area contributed by atoms with Crippen LogP contribution in [0.25, 0.3) is 0 Å². The lowest BCUT2D eigenvalue weighted by atomic mass is 10.1. The molecule has 1 saturated heterocycles. The lowest BCUT2D eigenvalue weighted by Gasteiger charge is -2.18. The average molecular weight is 568 g/mol. The number of benzene rings is 2. The van der Waals surface area contributed by atoms with Crippen molar-refractivity contribution in [1.82, 2.24) is 10.6 Å². The molecule has 33 heavy (non-hydrogen) atoms. The predicted octanol–water partition coefficient (Wildman–Crippen LogP) is 4.21. The highest BCUT2D eigenvalue weighted by Crippen LogP contribution is 2.23. The molecule has 0 aliphatic carbocycles. The van der Waals surface area contributed by atoms with E-state index in [-0.39, 0.29) is 30.1 Å². The molecule has 1 amide bonds. The Bertz CT molecular complexity index is 915. The number of nitrogens with one attached hydrogen (secondary N) is 3. The van der Waals surface area contributed by atoms with Crippen molar-refractivity contribution < 1.29 is 19.0 Å². The molecule has 1 heterocycles. The van der Waals surface area contributed by atoms with Crippen molar-refractivity contribution in [2.45, 2.75) is 39.5 Å². The maximum absolute atomic E-state index is 11.3. The van der Waals surface area contributed by atoms with Crippen molar-refractivity contribution in [3.8, 4) is 5.75 Å². The lowest BCUT2D eigenvalue weighted by Crippen LogP contribution is -2.37. The first-order valence-corrected chi connectivity index (χ1v) is 10.9. The minimum atomic E-state index is -0.491. The van der Waals surface area contributed by atoms with E-state index < -0.39 is 6.09 Å². The molecule has 1 fully saturated rings. The molecule has 0 bridgehead atoms. The van der Waals surface area contributed by atoms with Crippen molar-refractivity contribution in [2.24, 2.45) is 4.99 Å². The maximum Gasteiger partial charge on any atom is 0.411 e. The quantitative estimate of drug-likeness (QED) is 0.251. The van der Waals surface area contributed by atoms with E-state index >= 15 is 0 Å². The van der Waals surface area contributed by atoms with Crippen LogP contribution >= 0.6 is 24.0 Å². The van der Waals surface area contributed by atoms with Gasteiger partial charge in [0.2, 0.25) is 0 Å². The zero-order valence-electron chi connectivity index (χ0n) is 19.3. The molecular formula is C24H33IN4O4. The normalized spacial score (nSPS) is 15.4. The Morgan fingerprint density at radius 3 is 2.64 bits per heavy atom. The van der Waals surface area contributed by atoms with E-state index in [1.165, 1.54) is 7.11 Å². The van der Waals surface area contributed by atoms with Crippen LogP contribution in [0.15, 0.2) is 47.5 Å². The fraction of sp³-hybridized carbons (Fsp3) is 0.417. The van der Waals surface area contributed by atoms with Crippen LogP contribution in [-0.2, 0) is 22.6 Å². The molecule has 1 aliphatic heterocycles. The maximum atomic E-state index is 11.3. The number of guanidine groups is 1. The highest BCUT2D eigenvalue weighted by molar-refractivity contribution is 14.0. The van der Waals surface area contributed by atoms with Gasteiger partial charge >= 0.3 is 6.09 Å². The first-order chi connectivity index (χ1) is 15.6. The summed E-state index contributed by atoms with van der Waals surface area (Å²) >= 11 is 0. The first kappa shape index (κ1) is 26.7. The van der Waals surface area contributed by atoms with Gasteiger partial charge in [-0.05, 0) is 43.2 Å². The third-order valence-electron chi connectivity index (χ3n) is 5.00. The number of nitrogens with zero attached hydrogens (tertiary/aromatic N) is 1. The standard InChI is InChI=1S/C24H32N4O4.HI/c1-4-25-23(26-14-18-6-9-20(10-7-18)28-24(29)30-3)27-15-19-8-5-17(2)13-22(19)32-21-11-12-31-16-21;/h5-10,13,21H,4,11-12,14-16H2,1-3H3,(H,28,29)(H2,25,26,27);1H. The fourth-order valence-electron chi connectivity index (χ4n) is 3.26. The summed E-state index contributed by atoms with van der Waals surface area (Å²) in [5, 5.41) is 9.30. The van der Waals surface area contributed by atoms with E-state index in [1.54, 1.807) is 0 Å². The number of rotatable bonds is 8. The number of halogens is 1. The van der Waals surface area contributed by atoms with E-state index in [4.69, 9.17) is 9.47 Å². The number of ether oxygens (including phenoxy) is 3. The van der Waals surface area contributed by atoms with Crippen molar-refractivity contribution in [1.29, 1.82) is 0 Å². The van der Waals surface area contributed by atoms with Crippen LogP contribution in [0.2, 0.25) is 0 Å². The van der Waals surface area contributed by atoms with E-state index in [0.29, 0.717) is 25.4 Å². The number of aliphatic imine (C=N–C) groups is 1. The summed E-state index contributed by atoms with van der Waals surface area (Å²) in [4.78, 5) is 16.0. The van der Waals surface area contributed by atoms with Crippen LogP contribution in [0.3, 0.4) is 0 Å². The smallest absolute Gasteiger partial charge is 0.411 e. The zero-order chi connectivity index (χ0) is 22.8. The SMILES string of the molecule is CCNC(=NCc1ccc(NC(=O)OC)cc1)NCc1ccc(C)cc1OC1CCOC1.I. The summed E-state index contributed by atoms with van der Waals surface area (Å²) in [7, 11) is 1.34. The Morgan fingerprint density at radius 1 is 1.18 bits per heavy atom. The molecule has 8 nitrogen and oxygen atoms in total. The minimum absolute atomic E-state index is 0. The number of hydrogen-bond acceptors (Lipinski definition) is 5. The van der Waals surface area contributed by atoms with Crippen LogP contribution in [0, 0.1) is 6.92 Å². The molecule has 2 aromatic carbocycles. The number of carbonyl (C=O) groups excluding carboxylic acids is 1. The molecule has 3 rings (SSSR count).